The molecule has 0 aliphatic rings. The third kappa shape index (κ3) is 3.38. The molecule has 15 rings (SSSR count). The first-order valence-corrected chi connectivity index (χ1v) is 18.8. The molecule has 0 saturated carbocycles. The van der Waals surface area contributed by atoms with Crippen LogP contribution in [0.25, 0.3) is 142 Å². The Bertz CT molecular complexity index is 4790. The maximum atomic E-state index is 10.4. The second-order valence-corrected chi connectivity index (χ2v) is 14.8. The summed E-state index contributed by atoms with van der Waals surface area (Å²) in [5.41, 5.74) is 3.09. The topological polar surface area (TPSA) is 35.1 Å². The van der Waals surface area contributed by atoms with E-state index in [9.17, 15) is 13.7 Å². The second kappa shape index (κ2) is 10.1. The van der Waals surface area contributed by atoms with E-state index in [0.29, 0.717) is 44.2 Å². The molecule has 0 fully saturated rings. The van der Waals surface area contributed by atoms with Crippen LogP contribution < -0.4 is 0 Å². The lowest BCUT2D eigenvalue weighted by Crippen LogP contribution is -1.83. The molecular weight excluding hydrogens is 709 g/mol. The van der Waals surface area contributed by atoms with Gasteiger partial charge in [0.1, 0.15) is 22.3 Å². The van der Waals surface area contributed by atoms with Crippen molar-refractivity contribution in [3.8, 4) is 22.3 Å². The third-order valence-corrected chi connectivity index (χ3v) is 12.1. The van der Waals surface area contributed by atoms with Crippen molar-refractivity contribution in [2.45, 2.75) is 0 Å². The molecule has 0 N–H and O–H groups in total. The van der Waals surface area contributed by atoms with E-state index in [-0.39, 0.29) is 124 Å². The van der Waals surface area contributed by atoms with Gasteiger partial charge in [0, 0.05) is 75.8 Å². The summed E-state index contributed by atoms with van der Waals surface area (Å²) >= 11 is 0. The Morgan fingerprint density at radius 1 is 0.345 bits per heavy atom. The van der Waals surface area contributed by atoms with E-state index in [2.05, 4.69) is 0 Å². The summed E-state index contributed by atoms with van der Waals surface area (Å²) in [6.07, 6.45) is 0. The zero-order valence-electron chi connectivity index (χ0n) is 43.8. The summed E-state index contributed by atoms with van der Waals surface area (Å²) < 4.78 is 150. The van der Waals surface area contributed by atoms with Crippen molar-refractivity contribution in [2.24, 2.45) is 0 Å². The number of para-hydroxylation sites is 6. The minimum Gasteiger partial charge on any atom is -0.455 e. The van der Waals surface area contributed by atoms with Gasteiger partial charge in [-0.25, -0.2) is 0 Å². The van der Waals surface area contributed by atoms with Gasteiger partial charge < -0.3 is 17.6 Å². The summed E-state index contributed by atoms with van der Waals surface area (Å²) in [6.45, 7) is 0. The molecule has 0 bridgehead atoms. The Kier molecular flexibility index (Phi) is 3.47. The van der Waals surface area contributed by atoms with E-state index in [4.69, 9.17) is 14.3 Å². The van der Waals surface area contributed by atoms with E-state index >= 15 is 0 Å². The van der Waals surface area contributed by atoms with Crippen LogP contribution in [0.15, 0.2) is 178 Å². The van der Waals surface area contributed by atoms with E-state index in [0.717, 1.165) is 10.8 Å². The number of rotatable bonds is 2. The van der Waals surface area contributed by atoms with Crippen LogP contribution in [0.3, 0.4) is 0 Å². The van der Waals surface area contributed by atoms with Crippen LogP contribution in [0.5, 0.6) is 0 Å². The van der Waals surface area contributed by atoms with E-state index in [1.165, 1.54) is 8.80 Å². The van der Waals surface area contributed by atoms with Gasteiger partial charge >= 0.3 is 0 Å². The number of nitrogens with zero attached hydrogens (tertiary/aromatic N) is 2. The number of fused-ring (bicyclic) bond motifs is 18. The Labute approximate surface area is 348 Å². The van der Waals surface area contributed by atoms with Crippen LogP contribution in [-0.4, -0.2) is 8.80 Å². The minimum absolute atomic E-state index is 0.00925. The van der Waals surface area contributed by atoms with Gasteiger partial charge in [0.05, 0.1) is 52.3 Å². The second-order valence-electron chi connectivity index (χ2n) is 14.8. The van der Waals surface area contributed by atoms with Crippen LogP contribution in [0.4, 0.5) is 0 Å². The zero-order chi connectivity index (χ0) is 49.6. The molecule has 0 atom stereocenters. The van der Waals surface area contributed by atoms with Crippen LogP contribution in [0.2, 0.25) is 0 Å². The van der Waals surface area contributed by atoms with Crippen molar-refractivity contribution in [3.05, 3.63) is 170 Å². The van der Waals surface area contributed by atoms with Gasteiger partial charge in [0.15, 0.2) is 0 Å². The molecule has 15 aromatic rings. The molecule has 266 valence electrons. The summed E-state index contributed by atoms with van der Waals surface area (Å²) in [6, 6.07) is 19.6. The smallest absolute Gasteiger partial charge is 0.143 e. The van der Waals surface area contributed by atoms with Crippen molar-refractivity contribution >= 4 is 120 Å². The first-order valence-electron chi connectivity index (χ1n) is 25.8. The fourth-order valence-electron chi connectivity index (χ4n) is 9.73. The molecule has 0 unspecified atom stereocenters. The Balaban J connectivity index is 1.20. The van der Waals surface area contributed by atoms with Crippen LogP contribution in [-0.2, 0) is 0 Å². The normalized spacial score (nSPS) is 16.2. The highest BCUT2D eigenvalue weighted by atomic mass is 16.3. The molecule has 6 heterocycles. The maximum absolute atomic E-state index is 10.4. The minimum atomic E-state index is -0.570. The molecule has 58 heavy (non-hydrogen) atoms. The lowest BCUT2D eigenvalue weighted by atomic mass is 9.95. The fourth-order valence-corrected chi connectivity index (χ4v) is 9.73. The molecule has 0 aliphatic heterocycles. The fraction of sp³-hybridized carbons (Fsp3) is 0. The Morgan fingerprint density at radius 3 is 1.29 bits per heavy atom. The number of furan rings is 2. The predicted molar refractivity (Wildman–Crippen MR) is 241 cm³/mol. The molecule has 0 saturated heterocycles. The Hall–Kier alpha value is -7.82. The summed E-state index contributed by atoms with van der Waals surface area (Å²) in [4.78, 5) is 0. The molecule has 0 amide bonds. The van der Waals surface area contributed by atoms with E-state index in [1.807, 2.05) is 60.7 Å². The third-order valence-electron chi connectivity index (χ3n) is 12.1. The van der Waals surface area contributed by atoms with Gasteiger partial charge in [-0.3, -0.25) is 0 Å². The van der Waals surface area contributed by atoms with Crippen LogP contribution >= 0.6 is 0 Å². The van der Waals surface area contributed by atoms with Crippen molar-refractivity contribution in [2.75, 3.05) is 0 Å². The molecule has 0 spiro atoms. The van der Waals surface area contributed by atoms with Crippen molar-refractivity contribution < 1.29 is 28.0 Å². The summed E-state index contributed by atoms with van der Waals surface area (Å²) in [5, 5.41) is 3.42. The van der Waals surface area contributed by atoms with Crippen molar-refractivity contribution in [1.29, 1.82) is 0 Å². The SMILES string of the molecule is [2H]c1c([2H])c([2H])c2c(c1[2H])c1c(-c3cccc4c3oc3ccccc34)c([2H])c([2H])c3c4c([2H])c5c(c([2H])c4n2c31)c1c([2H])c([2H])c(-c2cccc3c2oc2ccccc23)c2c3c([2H])c([2H])c([2H])c([2H])c3n5c12. The number of hydrogen-bond acceptors (Lipinski definition) is 2. The lowest BCUT2D eigenvalue weighted by Gasteiger charge is -2.07. The molecule has 0 aliphatic carbocycles. The highest BCUT2D eigenvalue weighted by Gasteiger charge is 2.26. The van der Waals surface area contributed by atoms with Crippen molar-refractivity contribution in [1.82, 2.24) is 8.80 Å². The van der Waals surface area contributed by atoms with E-state index in [1.54, 1.807) is 24.3 Å². The first-order chi connectivity index (χ1) is 34.6. The monoisotopic (exact) mass is 750 g/mol. The van der Waals surface area contributed by atoms with Gasteiger partial charge in [-0.2, -0.15) is 0 Å². The number of aromatic nitrogens is 2. The van der Waals surface area contributed by atoms with Crippen LogP contribution in [0.1, 0.15) is 19.2 Å². The zero-order valence-corrected chi connectivity index (χ0v) is 29.8. The number of benzene rings is 9. The van der Waals surface area contributed by atoms with Crippen LogP contribution in [0, 0.1) is 0 Å². The molecule has 9 aromatic carbocycles. The molecule has 6 aromatic heterocycles. The van der Waals surface area contributed by atoms with Gasteiger partial charge in [-0.1, -0.05) is 133 Å². The first kappa shape index (κ1) is 19.9. The molecule has 0 radical (unpaired) electrons. The average Bonchev–Trinajstić information content (AvgIpc) is 4.23. The lowest BCUT2D eigenvalue weighted by molar-refractivity contribution is 0.669. The highest BCUT2D eigenvalue weighted by Crippen LogP contribution is 2.50. The van der Waals surface area contributed by atoms with Gasteiger partial charge in [-0.15, -0.1) is 0 Å². The van der Waals surface area contributed by atoms with Gasteiger partial charge in [-0.05, 0) is 47.4 Å². The van der Waals surface area contributed by atoms with Gasteiger partial charge in [0.2, 0.25) is 0 Å². The summed E-state index contributed by atoms with van der Waals surface area (Å²) in [5.74, 6) is 0. The standard InChI is InChI=1S/C54H28N2O2/c1-5-19-43-39(13-1)49-31(37-17-9-15-35-29-11-3-7-21-47(29)57-53(35)37)23-25-33-41-28-46-42(27-45(41)55(43)51(33)49)34-26-24-32(50-40-14-2-6-20-44(40)56(46)52(34)50)38-18-10-16-36-30-12-4-8-22-48(30)58-54(36)38/h1-28H/i1D,2D,5D,6D,13D,14D,19D,20D,23D,24D,25D,26D,27D,28D. The largest absolute Gasteiger partial charge is 0.455 e. The molecule has 4 heteroatoms. The highest BCUT2D eigenvalue weighted by molar-refractivity contribution is 6.32. The van der Waals surface area contributed by atoms with E-state index < -0.39 is 48.3 Å². The number of hydrogen-bond donors (Lipinski definition) is 0. The average molecular weight is 751 g/mol. The van der Waals surface area contributed by atoms with Crippen molar-refractivity contribution in [3.63, 3.8) is 0 Å². The Morgan fingerprint density at radius 2 is 0.793 bits per heavy atom. The maximum Gasteiger partial charge on any atom is 0.143 e. The summed E-state index contributed by atoms with van der Waals surface area (Å²) in [7, 11) is 0. The molecular formula is C54H28N2O2. The van der Waals surface area contributed by atoms with Gasteiger partial charge in [0.25, 0.3) is 0 Å². The predicted octanol–water partition coefficient (Wildman–Crippen LogP) is 15.1. The quantitative estimate of drug-likeness (QED) is 0.176. The molecule has 4 nitrogen and oxygen atoms in total.